The summed E-state index contributed by atoms with van der Waals surface area (Å²) >= 11 is 0. The fourth-order valence-electron chi connectivity index (χ4n) is 4.59. The van der Waals surface area contributed by atoms with Gasteiger partial charge >= 0.3 is 12.4 Å². The molecule has 1 aromatic rings. The molecule has 218 valence electrons. The third-order valence-corrected chi connectivity index (χ3v) is 7.99. The van der Waals surface area contributed by atoms with E-state index in [9.17, 15) is 40.8 Å². The Labute approximate surface area is 228 Å². The van der Waals surface area contributed by atoms with Crippen LogP contribution in [0, 0.1) is 5.92 Å². The van der Waals surface area contributed by atoms with Gasteiger partial charge in [-0.25, -0.2) is 13.4 Å². The Kier molecular flexibility index (Phi) is 9.48. The van der Waals surface area contributed by atoms with E-state index >= 15 is 0 Å². The highest BCUT2D eigenvalue weighted by atomic mass is 32.2. The smallest absolute Gasteiger partial charge is 0.361 e. The van der Waals surface area contributed by atoms with Crippen molar-refractivity contribution in [3.63, 3.8) is 0 Å². The standard InChI is InChI=1S/C24H29F3N6O6S/c1-14(2)12-18(20(34)13-29-28)30-22(36)19-4-3-11-32-21(35)10-9-17(23(37)33(19)32)31-40(38,39)16-7-5-15(6-8-16)24(25,26)27/h5-8,13-14,17-19,31H,3-4,9-12H2,1-2H3,(H,30,36)/t17-,18-,19-/m0/s1. The number of alkyl halides is 3. The number of sulfonamides is 1. The zero-order valence-electron chi connectivity index (χ0n) is 21.7. The number of fused-ring (bicyclic) bond motifs is 1. The summed E-state index contributed by atoms with van der Waals surface area (Å²) in [5.41, 5.74) is 7.68. The molecule has 3 rings (SSSR count). The quantitative estimate of drug-likeness (QED) is 0.251. The predicted octanol–water partition coefficient (Wildman–Crippen LogP) is 1.28. The van der Waals surface area contributed by atoms with Gasteiger partial charge in [-0.1, -0.05) is 13.8 Å². The van der Waals surface area contributed by atoms with Gasteiger partial charge in [0.05, 0.1) is 16.5 Å². The Bertz CT molecular complexity index is 1310. The number of nitrogens with one attached hydrogen (secondary N) is 2. The first-order valence-electron chi connectivity index (χ1n) is 12.5. The van der Waals surface area contributed by atoms with Crippen LogP contribution in [0.5, 0.6) is 0 Å². The number of carbonyl (C=O) groups is 4. The summed E-state index contributed by atoms with van der Waals surface area (Å²) in [6.07, 6.45) is -3.88. The number of rotatable bonds is 9. The van der Waals surface area contributed by atoms with Gasteiger partial charge in [0.2, 0.25) is 21.8 Å². The number of hydrogen-bond donors (Lipinski definition) is 2. The van der Waals surface area contributed by atoms with Gasteiger partial charge in [-0.05, 0) is 55.9 Å². The van der Waals surface area contributed by atoms with Gasteiger partial charge in [-0.3, -0.25) is 24.2 Å². The molecule has 0 saturated carbocycles. The van der Waals surface area contributed by atoms with E-state index in [1.54, 1.807) is 13.8 Å². The van der Waals surface area contributed by atoms with Gasteiger partial charge in [-0.15, -0.1) is 0 Å². The molecule has 2 saturated heterocycles. The van der Waals surface area contributed by atoms with E-state index in [4.69, 9.17) is 5.53 Å². The molecule has 2 aliphatic rings. The van der Waals surface area contributed by atoms with Crippen LogP contribution in [0.2, 0.25) is 0 Å². The van der Waals surface area contributed by atoms with Crippen LogP contribution in [0.15, 0.2) is 29.2 Å². The van der Waals surface area contributed by atoms with Crippen molar-refractivity contribution in [2.45, 2.75) is 75.1 Å². The normalized spacial score (nSPS) is 20.9. The highest BCUT2D eigenvalue weighted by Gasteiger charge is 2.46. The highest BCUT2D eigenvalue weighted by Crippen LogP contribution is 2.30. The van der Waals surface area contributed by atoms with Crippen molar-refractivity contribution < 1.29 is 45.6 Å². The van der Waals surface area contributed by atoms with Gasteiger partial charge in [0.25, 0.3) is 11.7 Å². The van der Waals surface area contributed by atoms with Crippen molar-refractivity contribution in [1.29, 1.82) is 0 Å². The minimum Gasteiger partial charge on any atom is -0.361 e. The molecule has 0 bridgehead atoms. The number of halogens is 3. The molecule has 0 aromatic heterocycles. The monoisotopic (exact) mass is 586 g/mol. The molecule has 0 unspecified atom stereocenters. The molecule has 40 heavy (non-hydrogen) atoms. The maximum Gasteiger partial charge on any atom is 0.416 e. The first kappa shape index (κ1) is 30.9. The Morgan fingerprint density at radius 3 is 2.40 bits per heavy atom. The number of Topliss-reactive ketones (excluding diaryl/α,β-unsaturated/α-hetero) is 1. The van der Waals surface area contributed by atoms with Crippen molar-refractivity contribution in [3.05, 3.63) is 35.4 Å². The fourth-order valence-corrected chi connectivity index (χ4v) is 5.82. The summed E-state index contributed by atoms with van der Waals surface area (Å²) in [4.78, 5) is 54.3. The van der Waals surface area contributed by atoms with E-state index < -0.39 is 68.3 Å². The van der Waals surface area contributed by atoms with Gasteiger partial charge in [0.1, 0.15) is 12.1 Å². The van der Waals surface area contributed by atoms with Crippen molar-refractivity contribution in [3.8, 4) is 0 Å². The minimum absolute atomic E-state index is 0.0467. The first-order chi connectivity index (χ1) is 18.7. The van der Waals surface area contributed by atoms with Crippen molar-refractivity contribution >= 4 is 39.7 Å². The van der Waals surface area contributed by atoms with E-state index in [1.807, 2.05) is 0 Å². The number of hydrogen-bond acceptors (Lipinski definition) is 6. The maximum absolute atomic E-state index is 13.6. The van der Waals surface area contributed by atoms with Gasteiger partial charge < -0.3 is 10.8 Å². The van der Waals surface area contributed by atoms with Crippen molar-refractivity contribution in [2.75, 3.05) is 6.54 Å². The molecule has 2 fully saturated rings. The Morgan fingerprint density at radius 2 is 1.82 bits per heavy atom. The maximum atomic E-state index is 13.6. The summed E-state index contributed by atoms with van der Waals surface area (Å²) in [7, 11) is -4.49. The Hall–Kier alpha value is -3.62. The number of hydrazine groups is 1. The Morgan fingerprint density at radius 1 is 1.18 bits per heavy atom. The number of carbonyl (C=O) groups excluding carboxylic acids is 4. The molecule has 3 amide bonds. The molecule has 2 N–H and O–H groups in total. The largest absolute Gasteiger partial charge is 0.416 e. The van der Waals surface area contributed by atoms with Crippen LogP contribution in [0.4, 0.5) is 13.2 Å². The van der Waals surface area contributed by atoms with Crippen LogP contribution in [-0.4, -0.2) is 77.6 Å². The zero-order chi connectivity index (χ0) is 29.8. The Balaban J connectivity index is 1.87. The summed E-state index contributed by atoms with van der Waals surface area (Å²) in [6, 6.07) is -1.14. The topological polar surface area (TPSA) is 169 Å². The molecule has 0 radical (unpaired) electrons. The SMILES string of the molecule is CC(C)C[C@H](NC(=O)[C@@H]1CCCN2C(=O)CC[C@H](NS(=O)(=O)c3ccc(C(F)(F)F)cc3)C(=O)N12)C(=O)C=[N+]=[N-]. The molecule has 16 heteroatoms. The van der Waals surface area contributed by atoms with Crippen LogP contribution in [0.1, 0.15) is 51.5 Å². The molecule has 0 spiro atoms. The average Bonchev–Trinajstić information content (AvgIpc) is 2.99. The van der Waals surface area contributed by atoms with Crippen LogP contribution in [-0.2, 0) is 35.4 Å². The van der Waals surface area contributed by atoms with Crippen LogP contribution < -0.4 is 10.0 Å². The second-order valence-corrected chi connectivity index (χ2v) is 11.6. The second kappa shape index (κ2) is 12.3. The summed E-state index contributed by atoms with van der Waals surface area (Å²) in [6.45, 7) is 3.70. The average molecular weight is 587 g/mol. The van der Waals surface area contributed by atoms with E-state index in [0.717, 1.165) is 22.2 Å². The summed E-state index contributed by atoms with van der Waals surface area (Å²) < 4.78 is 66.7. The lowest BCUT2D eigenvalue weighted by atomic mass is 9.99. The molecule has 3 atom stereocenters. The third kappa shape index (κ3) is 7.11. The van der Waals surface area contributed by atoms with Crippen LogP contribution in [0.25, 0.3) is 5.53 Å². The van der Waals surface area contributed by atoms with Gasteiger partial charge in [-0.2, -0.15) is 22.7 Å². The molecular weight excluding hydrogens is 557 g/mol. The summed E-state index contributed by atoms with van der Waals surface area (Å²) in [5.74, 6) is -2.91. The molecule has 0 aliphatic carbocycles. The van der Waals surface area contributed by atoms with E-state index in [2.05, 4.69) is 14.8 Å². The van der Waals surface area contributed by atoms with E-state index in [-0.39, 0.29) is 38.1 Å². The highest BCUT2D eigenvalue weighted by molar-refractivity contribution is 7.89. The van der Waals surface area contributed by atoms with Crippen molar-refractivity contribution in [2.24, 2.45) is 5.92 Å². The molecular formula is C24H29F3N6O6S. The predicted molar refractivity (Wildman–Crippen MR) is 132 cm³/mol. The molecule has 2 heterocycles. The van der Waals surface area contributed by atoms with Gasteiger partial charge in [0.15, 0.2) is 0 Å². The van der Waals surface area contributed by atoms with Crippen molar-refractivity contribution in [1.82, 2.24) is 20.1 Å². The molecule has 12 nitrogen and oxygen atoms in total. The third-order valence-electron chi connectivity index (χ3n) is 6.51. The number of amides is 3. The number of benzene rings is 1. The van der Waals surface area contributed by atoms with E-state index in [0.29, 0.717) is 24.8 Å². The molecule has 2 aliphatic heterocycles. The fraction of sp³-hybridized carbons (Fsp3) is 0.542. The first-order valence-corrected chi connectivity index (χ1v) is 14.0. The lowest BCUT2D eigenvalue weighted by Crippen LogP contribution is -2.64. The van der Waals surface area contributed by atoms with Gasteiger partial charge in [0, 0.05) is 13.0 Å². The lowest BCUT2D eigenvalue weighted by Gasteiger charge is -2.43. The lowest BCUT2D eigenvalue weighted by molar-refractivity contribution is -0.176. The minimum atomic E-state index is -4.68. The second-order valence-electron chi connectivity index (χ2n) is 9.93. The number of ketones is 1. The summed E-state index contributed by atoms with van der Waals surface area (Å²) in [5, 5.41) is 4.52. The van der Waals surface area contributed by atoms with Crippen LogP contribution >= 0.6 is 0 Å². The number of nitrogens with zero attached hydrogens (tertiary/aromatic N) is 4. The van der Waals surface area contributed by atoms with E-state index in [1.165, 1.54) is 0 Å². The zero-order valence-corrected chi connectivity index (χ0v) is 22.5. The van der Waals surface area contributed by atoms with Crippen LogP contribution in [0.3, 0.4) is 0 Å². The molecule has 1 aromatic carbocycles.